The topological polar surface area (TPSA) is 21.7 Å². The molecule has 0 aromatic rings. The van der Waals surface area contributed by atoms with Crippen LogP contribution in [0, 0.1) is 0 Å². The summed E-state index contributed by atoms with van der Waals surface area (Å²) >= 11 is 5.83. The fraction of sp³-hybridized carbons (Fsp3) is 0.556. The molecule has 0 radical (unpaired) electrons. The predicted molar refractivity (Wildman–Crippen MR) is 52.5 cm³/mol. The first-order valence-electron chi connectivity index (χ1n) is 4.02. The highest BCUT2D eigenvalue weighted by molar-refractivity contribution is 6.18. The number of allylic oxidation sites excluding steroid dienone is 1. The first kappa shape index (κ1) is 10.3. The maximum absolute atomic E-state index is 5.83. The zero-order valence-electron chi connectivity index (χ0n) is 8.08. The summed E-state index contributed by atoms with van der Waals surface area (Å²) in [4.78, 5) is 1.99. The van der Waals surface area contributed by atoms with Crippen molar-refractivity contribution in [3.8, 4) is 0 Å². The largest absolute Gasteiger partial charge is 0.495 e. The summed E-state index contributed by atoms with van der Waals surface area (Å²) in [6.45, 7) is 0. The van der Waals surface area contributed by atoms with E-state index in [4.69, 9.17) is 21.1 Å². The maximum atomic E-state index is 5.83. The van der Waals surface area contributed by atoms with E-state index in [1.165, 1.54) is 0 Å². The van der Waals surface area contributed by atoms with Gasteiger partial charge in [0, 0.05) is 13.2 Å². The zero-order chi connectivity index (χ0) is 9.84. The summed E-state index contributed by atoms with van der Waals surface area (Å²) in [5.74, 6) is 2.01. The monoisotopic (exact) mass is 203 g/mol. The Hall–Kier alpha value is -0.830. The van der Waals surface area contributed by atoms with Crippen molar-refractivity contribution in [2.75, 3.05) is 27.1 Å². The normalized spacial score (nSPS) is 22.2. The molecule has 0 N–H and O–H groups in total. The van der Waals surface area contributed by atoms with Crippen LogP contribution in [0.25, 0.3) is 0 Å². The van der Waals surface area contributed by atoms with Gasteiger partial charge in [0.25, 0.3) is 0 Å². The first-order valence-corrected chi connectivity index (χ1v) is 4.56. The lowest BCUT2D eigenvalue weighted by molar-refractivity contribution is 0.173. The number of hydrogen-bond acceptors (Lipinski definition) is 3. The van der Waals surface area contributed by atoms with E-state index in [2.05, 4.69) is 0 Å². The van der Waals surface area contributed by atoms with Crippen LogP contribution in [0.2, 0.25) is 0 Å². The van der Waals surface area contributed by atoms with Crippen LogP contribution in [-0.4, -0.2) is 38.1 Å². The third-order valence-corrected chi connectivity index (χ3v) is 2.38. The van der Waals surface area contributed by atoms with E-state index in [-0.39, 0.29) is 6.04 Å². The smallest absolute Gasteiger partial charge is 0.161 e. The van der Waals surface area contributed by atoms with Gasteiger partial charge >= 0.3 is 0 Å². The van der Waals surface area contributed by atoms with Crippen molar-refractivity contribution in [3.05, 3.63) is 23.8 Å². The molecule has 0 saturated heterocycles. The number of alkyl halides is 1. The fourth-order valence-electron chi connectivity index (χ4n) is 1.30. The lowest BCUT2D eigenvalue weighted by atomic mass is 10.1. The third-order valence-electron chi connectivity index (χ3n) is 2.08. The summed E-state index contributed by atoms with van der Waals surface area (Å²) in [5.41, 5.74) is 0. The van der Waals surface area contributed by atoms with Crippen LogP contribution in [0.15, 0.2) is 23.8 Å². The maximum Gasteiger partial charge on any atom is 0.161 e. The molecule has 1 unspecified atom stereocenters. The summed E-state index contributed by atoms with van der Waals surface area (Å²) in [6, 6.07) is 0.0617. The Morgan fingerprint density at radius 2 is 2.15 bits per heavy atom. The standard InChI is InChI=1S/C9H14ClNO2/c1-11-5-4-8(12-2)9(13-3)7(11)6-10/h4-5,7H,6H2,1-3H3. The molecule has 13 heavy (non-hydrogen) atoms. The molecule has 74 valence electrons. The molecule has 1 heterocycles. The Morgan fingerprint density at radius 3 is 2.62 bits per heavy atom. The van der Waals surface area contributed by atoms with Crippen LogP contribution in [0.3, 0.4) is 0 Å². The van der Waals surface area contributed by atoms with Crippen molar-refractivity contribution < 1.29 is 9.47 Å². The molecule has 1 aliphatic rings. The van der Waals surface area contributed by atoms with E-state index in [0.29, 0.717) is 5.88 Å². The molecule has 3 nitrogen and oxygen atoms in total. The quantitative estimate of drug-likeness (QED) is 0.650. The van der Waals surface area contributed by atoms with Crippen molar-refractivity contribution in [3.63, 3.8) is 0 Å². The van der Waals surface area contributed by atoms with Crippen molar-refractivity contribution in [2.45, 2.75) is 6.04 Å². The lowest BCUT2D eigenvalue weighted by Crippen LogP contribution is -2.34. The number of hydrogen-bond donors (Lipinski definition) is 0. The molecule has 0 amide bonds. The molecule has 1 aliphatic heterocycles. The van der Waals surface area contributed by atoms with Gasteiger partial charge in [0.1, 0.15) is 6.04 Å². The highest BCUT2D eigenvalue weighted by atomic mass is 35.5. The minimum atomic E-state index is 0.0617. The van der Waals surface area contributed by atoms with Crippen LogP contribution >= 0.6 is 11.6 Å². The van der Waals surface area contributed by atoms with Crippen molar-refractivity contribution in [1.29, 1.82) is 0 Å². The van der Waals surface area contributed by atoms with Crippen molar-refractivity contribution in [2.24, 2.45) is 0 Å². The zero-order valence-corrected chi connectivity index (χ0v) is 8.84. The average Bonchev–Trinajstić information content (AvgIpc) is 2.17. The summed E-state index contributed by atoms with van der Waals surface area (Å²) < 4.78 is 10.4. The minimum Gasteiger partial charge on any atom is -0.495 e. The van der Waals surface area contributed by atoms with Crippen LogP contribution in [-0.2, 0) is 9.47 Å². The Labute approximate surface area is 83.6 Å². The number of likely N-dealkylation sites (N-methyl/N-ethyl adjacent to an activating group) is 1. The van der Waals surface area contributed by atoms with Gasteiger partial charge in [-0.1, -0.05) is 0 Å². The number of nitrogens with zero attached hydrogens (tertiary/aromatic N) is 1. The third kappa shape index (κ3) is 1.91. The second-order valence-corrected chi connectivity index (χ2v) is 3.10. The molecule has 0 aliphatic carbocycles. The molecule has 0 aromatic heterocycles. The Bertz CT molecular complexity index is 238. The molecule has 4 heteroatoms. The van der Waals surface area contributed by atoms with E-state index >= 15 is 0 Å². The van der Waals surface area contributed by atoms with E-state index in [0.717, 1.165) is 11.5 Å². The Morgan fingerprint density at radius 1 is 1.46 bits per heavy atom. The molecular weight excluding hydrogens is 190 g/mol. The van der Waals surface area contributed by atoms with Crippen LogP contribution < -0.4 is 0 Å². The summed E-state index contributed by atoms with van der Waals surface area (Å²) in [5, 5.41) is 0. The van der Waals surface area contributed by atoms with E-state index in [1.807, 2.05) is 24.2 Å². The Kier molecular flexibility index (Phi) is 3.48. The van der Waals surface area contributed by atoms with Crippen molar-refractivity contribution >= 4 is 11.6 Å². The molecule has 0 aromatic carbocycles. The van der Waals surface area contributed by atoms with Gasteiger partial charge in [0.2, 0.25) is 0 Å². The molecule has 1 rings (SSSR count). The van der Waals surface area contributed by atoms with E-state index in [9.17, 15) is 0 Å². The van der Waals surface area contributed by atoms with Gasteiger partial charge in [0.05, 0.1) is 20.1 Å². The first-order chi connectivity index (χ1) is 6.24. The number of rotatable bonds is 3. The lowest BCUT2D eigenvalue weighted by Gasteiger charge is -2.30. The molecule has 1 atom stereocenters. The summed E-state index contributed by atoms with van der Waals surface area (Å²) in [6.07, 6.45) is 3.79. The average molecular weight is 204 g/mol. The van der Waals surface area contributed by atoms with Gasteiger partial charge in [-0.2, -0.15) is 0 Å². The second kappa shape index (κ2) is 4.42. The van der Waals surface area contributed by atoms with Crippen LogP contribution in [0.1, 0.15) is 0 Å². The van der Waals surface area contributed by atoms with Gasteiger partial charge in [0.15, 0.2) is 11.5 Å². The number of halogens is 1. The van der Waals surface area contributed by atoms with E-state index < -0.39 is 0 Å². The SMILES string of the molecule is COC1=C(OC)C(CCl)N(C)C=C1. The molecule has 0 fully saturated rings. The van der Waals surface area contributed by atoms with Gasteiger partial charge in [-0.05, 0) is 6.08 Å². The van der Waals surface area contributed by atoms with Gasteiger partial charge in [-0.3, -0.25) is 0 Å². The summed E-state index contributed by atoms with van der Waals surface area (Å²) in [7, 11) is 5.20. The van der Waals surface area contributed by atoms with E-state index in [1.54, 1.807) is 14.2 Å². The van der Waals surface area contributed by atoms with Crippen LogP contribution in [0.5, 0.6) is 0 Å². The highest BCUT2D eigenvalue weighted by Gasteiger charge is 2.24. The highest BCUT2D eigenvalue weighted by Crippen LogP contribution is 2.22. The Balaban J connectivity index is 2.95. The molecular formula is C9H14ClNO2. The minimum absolute atomic E-state index is 0.0617. The fourth-order valence-corrected chi connectivity index (χ4v) is 1.66. The van der Waals surface area contributed by atoms with Gasteiger partial charge < -0.3 is 14.4 Å². The van der Waals surface area contributed by atoms with Crippen LogP contribution in [0.4, 0.5) is 0 Å². The van der Waals surface area contributed by atoms with Crippen molar-refractivity contribution in [1.82, 2.24) is 4.90 Å². The predicted octanol–water partition coefficient (Wildman–Crippen LogP) is 1.56. The van der Waals surface area contributed by atoms with Gasteiger partial charge in [-0.15, -0.1) is 11.6 Å². The number of methoxy groups -OCH3 is 2. The molecule has 0 bridgehead atoms. The number of ether oxygens (including phenoxy) is 2. The molecule has 0 spiro atoms. The molecule has 0 saturated carbocycles. The second-order valence-electron chi connectivity index (χ2n) is 2.79. The van der Waals surface area contributed by atoms with Gasteiger partial charge in [-0.25, -0.2) is 0 Å².